The largest absolute Gasteiger partial charge is 0.457 e. The Hall–Kier alpha value is -3.42. The summed E-state index contributed by atoms with van der Waals surface area (Å²) in [6, 6.07) is 12.2. The normalized spacial score (nSPS) is 10.8. The van der Waals surface area contributed by atoms with Gasteiger partial charge in [-0.15, -0.1) is 0 Å². The third-order valence-electron chi connectivity index (χ3n) is 3.29. The highest BCUT2D eigenvalue weighted by atomic mass is 16.6. The zero-order valence-electron chi connectivity index (χ0n) is 15.2. The van der Waals surface area contributed by atoms with Gasteiger partial charge in [-0.1, -0.05) is 18.2 Å². The number of esters is 1. The summed E-state index contributed by atoms with van der Waals surface area (Å²) in [5, 5.41) is 13.5. The van der Waals surface area contributed by atoms with E-state index in [4.69, 9.17) is 9.47 Å². The molecule has 2 aromatic rings. The number of hydrogen-bond donors (Lipinski definition) is 1. The molecule has 27 heavy (non-hydrogen) atoms. The summed E-state index contributed by atoms with van der Waals surface area (Å²) in [5.74, 6) is -0.666. The third kappa shape index (κ3) is 6.10. The molecule has 0 unspecified atom stereocenters. The van der Waals surface area contributed by atoms with Crippen molar-refractivity contribution in [1.29, 1.82) is 0 Å². The minimum absolute atomic E-state index is 0.120. The molecule has 0 fully saturated rings. The summed E-state index contributed by atoms with van der Waals surface area (Å²) in [4.78, 5) is 34.5. The first-order chi connectivity index (χ1) is 12.7. The Bertz CT molecular complexity index is 857. The van der Waals surface area contributed by atoms with Gasteiger partial charge in [-0.05, 0) is 45.0 Å². The summed E-state index contributed by atoms with van der Waals surface area (Å²) in [7, 11) is 0. The van der Waals surface area contributed by atoms with E-state index in [1.165, 1.54) is 30.3 Å². The van der Waals surface area contributed by atoms with Gasteiger partial charge in [0, 0.05) is 11.8 Å². The van der Waals surface area contributed by atoms with Crippen LogP contribution in [0.25, 0.3) is 0 Å². The van der Waals surface area contributed by atoms with Crippen molar-refractivity contribution in [3.63, 3.8) is 0 Å². The van der Waals surface area contributed by atoms with Gasteiger partial charge in [-0.2, -0.15) is 0 Å². The highest BCUT2D eigenvalue weighted by molar-refractivity contribution is 5.92. The van der Waals surface area contributed by atoms with Gasteiger partial charge in [-0.25, -0.2) is 9.59 Å². The van der Waals surface area contributed by atoms with Gasteiger partial charge in [0.15, 0.2) is 0 Å². The molecule has 0 spiro atoms. The number of para-hydroxylation sites is 1. The topological polar surface area (TPSA) is 108 Å². The minimum Gasteiger partial charge on any atom is -0.457 e. The standard InChI is InChI=1S/C19H20N2O6/c1-19(2,3)27-18(23)20-15-9-6-8-13(11-15)17(22)26-12-14-7-4-5-10-16(14)21(24)25/h4-11H,12H2,1-3H3,(H,20,23). The van der Waals surface area contributed by atoms with Gasteiger partial charge in [-0.3, -0.25) is 15.4 Å². The predicted molar refractivity (Wildman–Crippen MR) is 98.5 cm³/mol. The fourth-order valence-electron chi connectivity index (χ4n) is 2.18. The molecule has 1 amide bonds. The quantitative estimate of drug-likeness (QED) is 0.476. The van der Waals surface area contributed by atoms with Crippen LogP contribution in [0, 0.1) is 10.1 Å². The number of benzene rings is 2. The molecule has 0 saturated carbocycles. The van der Waals surface area contributed by atoms with Crippen LogP contribution in [0.5, 0.6) is 0 Å². The molecule has 0 heterocycles. The van der Waals surface area contributed by atoms with Crippen molar-refractivity contribution in [2.24, 2.45) is 0 Å². The molecule has 0 radical (unpaired) electrons. The number of carbonyl (C=O) groups excluding carboxylic acids is 2. The van der Waals surface area contributed by atoms with Crippen molar-refractivity contribution in [1.82, 2.24) is 0 Å². The Morgan fingerprint density at radius 2 is 1.81 bits per heavy atom. The van der Waals surface area contributed by atoms with E-state index in [9.17, 15) is 19.7 Å². The maximum atomic E-state index is 12.2. The summed E-state index contributed by atoms with van der Waals surface area (Å²) in [5.41, 5.74) is 0.0847. The summed E-state index contributed by atoms with van der Waals surface area (Å²) < 4.78 is 10.3. The number of anilines is 1. The predicted octanol–water partition coefficient (Wildman–Crippen LogP) is 4.30. The molecule has 2 rings (SSSR count). The lowest BCUT2D eigenvalue weighted by Crippen LogP contribution is -2.27. The van der Waals surface area contributed by atoms with Crippen LogP contribution in [-0.4, -0.2) is 22.6 Å². The Morgan fingerprint density at radius 3 is 2.48 bits per heavy atom. The van der Waals surface area contributed by atoms with Crippen LogP contribution in [0.1, 0.15) is 36.7 Å². The van der Waals surface area contributed by atoms with E-state index in [0.29, 0.717) is 11.3 Å². The van der Waals surface area contributed by atoms with Crippen molar-refractivity contribution in [2.75, 3.05) is 5.32 Å². The molecule has 142 valence electrons. The van der Waals surface area contributed by atoms with Crippen LogP contribution in [0.3, 0.4) is 0 Å². The Morgan fingerprint density at radius 1 is 1.11 bits per heavy atom. The molecule has 0 bridgehead atoms. The Balaban J connectivity index is 2.03. The number of nitro groups is 1. The number of rotatable bonds is 5. The van der Waals surface area contributed by atoms with Crippen molar-refractivity contribution in [3.05, 3.63) is 69.8 Å². The molecule has 8 nitrogen and oxygen atoms in total. The van der Waals surface area contributed by atoms with Crippen LogP contribution < -0.4 is 5.32 Å². The first-order valence-corrected chi connectivity index (χ1v) is 8.15. The molecular formula is C19H20N2O6. The summed E-state index contributed by atoms with van der Waals surface area (Å²) >= 11 is 0. The number of nitrogens with zero attached hydrogens (tertiary/aromatic N) is 1. The van der Waals surface area contributed by atoms with E-state index >= 15 is 0 Å². The number of carbonyl (C=O) groups is 2. The van der Waals surface area contributed by atoms with Crippen LogP contribution in [0.15, 0.2) is 48.5 Å². The first kappa shape index (κ1) is 19.9. The second kappa shape index (κ2) is 8.31. The van der Waals surface area contributed by atoms with Gasteiger partial charge >= 0.3 is 12.1 Å². The number of ether oxygens (including phenoxy) is 2. The molecule has 0 aliphatic heterocycles. The van der Waals surface area contributed by atoms with E-state index in [-0.39, 0.29) is 17.9 Å². The maximum absolute atomic E-state index is 12.2. The van der Waals surface area contributed by atoms with E-state index in [1.54, 1.807) is 39.0 Å². The van der Waals surface area contributed by atoms with Crippen LogP contribution in [0.2, 0.25) is 0 Å². The van der Waals surface area contributed by atoms with Crippen molar-refractivity contribution < 1.29 is 24.0 Å². The van der Waals surface area contributed by atoms with E-state index < -0.39 is 22.6 Å². The summed E-state index contributed by atoms with van der Waals surface area (Å²) in [6.07, 6.45) is -0.645. The van der Waals surface area contributed by atoms with Gasteiger partial charge in [0.1, 0.15) is 12.2 Å². The molecule has 0 atom stereocenters. The number of nitrogens with one attached hydrogen (secondary N) is 1. The fraction of sp³-hybridized carbons (Fsp3) is 0.263. The lowest BCUT2D eigenvalue weighted by Gasteiger charge is -2.19. The maximum Gasteiger partial charge on any atom is 0.412 e. The molecule has 8 heteroatoms. The van der Waals surface area contributed by atoms with Crippen LogP contribution >= 0.6 is 0 Å². The molecule has 2 aromatic carbocycles. The van der Waals surface area contributed by atoms with Gasteiger partial charge in [0.05, 0.1) is 16.1 Å². The lowest BCUT2D eigenvalue weighted by atomic mass is 10.2. The SMILES string of the molecule is CC(C)(C)OC(=O)Nc1cccc(C(=O)OCc2ccccc2[N+](=O)[O-])c1. The smallest absolute Gasteiger partial charge is 0.412 e. The Labute approximate surface area is 156 Å². The van der Waals surface area contributed by atoms with Crippen molar-refractivity contribution in [2.45, 2.75) is 33.0 Å². The number of hydrogen-bond acceptors (Lipinski definition) is 6. The zero-order chi connectivity index (χ0) is 20.0. The highest BCUT2D eigenvalue weighted by Crippen LogP contribution is 2.20. The van der Waals surface area contributed by atoms with Crippen LogP contribution in [0.4, 0.5) is 16.2 Å². The third-order valence-corrected chi connectivity index (χ3v) is 3.29. The van der Waals surface area contributed by atoms with Crippen molar-refractivity contribution >= 4 is 23.4 Å². The molecule has 0 saturated heterocycles. The molecular weight excluding hydrogens is 352 g/mol. The first-order valence-electron chi connectivity index (χ1n) is 8.15. The second-order valence-corrected chi connectivity index (χ2v) is 6.67. The minimum atomic E-state index is -0.666. The fourth-order valence-corrected chi connectivity index (χ4v) is 2.18. The monoisotopic (exact) mass is 372 g/mol. The van der Waals surface area contributed by atoms with Gasteiger partial charge in [0.2, 0.25) is 0 Å². The van der Waals surface area contributed by atoms with E-state index in [2.05, 4.69) is 5.32 Å². The molecule has 0 aromatic heterocycles. The second-order valence-electron chi connectivity index (χ2n) is 6.67. The molecule has 0 aliphatic carbocycles. The average Bonchev–Trinajstić information content (AvgIpc) is 2.58. The lowest BCUT2D eigenvalue weighted by molar-refractivity contribution is -0.385. The van der Waals surface area contributed by atoms with Gasteiger partial charge in [0.25, 0.3) is 5.69 Å². The Kier molecular flexibility index (Phi) is 6.12. The summed E-state index contributed by atoms with van der Waals surface area (Å²) in [6.45, 7) is 4.98. The molecule has 1 N–H and O–H groups in total. The van der Waals surface area contributed by atoms with Gasteiger partial charge < -0.3 is 9.47 Å². The number of nitro benzene ring substituents is 1. The average molecular weight is 372 g/mol. The highest BCUT2D eigenvalue weighted by Gasteiger charge is 2.18. The van der Waals surface area contributed by atoms with E-state index in [1.807, 2.05) is 0 Å². The van der Waals surface area contributed by atoms with Crippen molar-refractivity contribution in [3.8, 4) is 0 Å². The van der Waals surface area contributed by atoms with Crippen LogP contribution in [-0.2, 0) is 16.1 Å². The zero-order valence-corrected chi connectivity index (χ0v) is 15.2. The van der Waals surface area contributed by atoms with E-state index in [0.717, 1.165) is 0 Å². The molecule has 0 aliphatic rings. The number of amides is 1.